The first-order chi connectivity index (χ1) is 10.0. The van der Waals surface area contributed by atoms with Gasteiger partial charge >= 0.3 is 5.97 Å². The predicted molar refractivity (Wildman–Crippen MR) is 82.2 cm³/mol. The Kier molecular flexibility index (Phi) is 4.78. The zero-order valence-corrected chi connectivity index (χ0v) is 12.4. The number of aliphatic carboxylic acids is 1. The minimum absolute atomic E-state index is 0.208. The van der Waals surface area contributed by atoms with E-state index in [1.807, 2.05) is 36.4 Å². The zero-order valence-electron chi connectivity index (χ0n) is 12.4. The van der Waals surface area contributed by atoms with Crippen molar-refractivity contribution in [2.24, 2.45) is 11.8 Å². The molecule has 21 heavy (non-hydrogen) atoms. The van der Waals surface area contributed by atoms with E-state index in [4.69, 9.17) is 0 Å². The molecule has 1 aromatic rings. The summed E-state index contributed by atoms with van der Waals surface area (Å²) >= 11 is 0. The van der Waals surface area contributed by atoms with Crippen LogP contribution in [-0.4, -0.2) is 17.0 Å². The van der Waals surface area contributed by atoms with E-state index < -0.39 is 17.8 Å². The van der Waals surface area contributed by atoms with Gasteiger partial charge in [0.05, 0.1) is 11.8 Å². The number of para-hydroxylation sites is 1. The molecule has 2 N–H and O–H groups in total. The Labute approximate surface area is 124 Å². The highest BCUT2D eigenvalue weighted by Crippen LogP contribution is 2.29. The quantitative estimate of drug-likeness (QED) is 0.834. The Morgan fingerprint density at radius 2 is 1.76 bits per heavy atom. The van der Waals surface area contributed by atoms with Gasteiger partial charge < -0.3 is 10.4 Å². The van der Waals surface area contributed by atoms with Crippen molar-refractivity contribution in [2.75, 3.05) is 5.32 Å². The number of carboxylic acid groups (broad SMARTS) is 1. The third-order valence-electron chi connectivity index (χ3n) is 3.93. The van der Waals surface area contributed by atoms with Crippen LogP contribution in [0.5, 0.6) is 0 Å². The van der Waals surface area contributed by atoms with Crippen LogP contribution in [0.1, 0.15) is 38.2 Å². The maximum Gasteiger partial charge on any atom is 0.307 e. The van der Waals surface area contributed by atoms with Crippen LogP contribution >= 0.6 is 0 Å². The highest BCUT2D eigenvalue weighted by Gasteiger charge is 2.34. The number of carbonyl (C=O) groups excluding carboxylic acids is 1. The minimum Gasteiger partial charge on any atom is -0.481 e. The van der Waals surface area contributed by atoms with Crippen LogP contribution in [0.2, 0.25) is 0 Å². The van der Waals surface area contributed by atoms with Crippen molar-refractivity contribution < 1.29 is 14.7 Å². The summed E-state index contributed by atoms with van der Waals surface area (Å²) in [5, 5.41) is 12.2. The maximum atomic E-state index is 12.4. The van der Waals surface area contributed by atoms with Gasteiger partial charge in [-0.25, -0.2) is 0 Å². The first-order valence-corrected chi connectivity index (χ1v) is 7.28. The third-order valence-corrected chi connectivity index (χ3v) is 3.93. The standard InChI is InChI=1S/C17H21NO3/c1-11(2)12-7-5-6-10-15(12)18-16(19)13-8-3-4-9-14(13)17(20)21/h3-7,10-11,13-14H,8-9H2,1-2H3,(H,18,19)(H,20,21)/t13-,14+/m1/s1. The first kappa shape index (κ1) is 15.3. The summed E-state index contributed by atoms with van der Waals surface area (Å²) in [6.07, 6.45) is 4.62. The number of rotatable bonds is 4. The van der Waals surface area contributed by atoms with Gasteiger partial charge in [0.2, 0.25) is 5.91 Å². The summed E-state index contributed by atoms with van der Waals surface area (Å²) < 4.78 is 0. The van der Waals surface area contributed by atoms with Crippen LogP contribution in [0.15, 0.2) is 36.4 Å². The summed E-state index contributed by atoms with van der Waals surface area (Å²) in [7, 11) is 0. The lowest BCUT2D eigenvalue weighted by atomic mass is 9.82. The summed E-state index contributed by atoms with van der Waals surface area (Å²) in [6.45, 7) is 4.13. The van der Waals surface area contributed by atoms with Crippen molar-refractivity contribution in [3.63, 3.8) is 0 Å². The van der Waals surface area contributed by atoms with E-state index >= 15 is 0 Å². The SMILES string of the molecule is CC(C)c1ccccc1NC(=O)[C@@H]1CC=CC[C@@H]1C(=O)O. The number of carboxylic acids is 1. The molecule has 0 aliphatic heterocycles. The van der Waals surface area contributed by atoms with Gasteiger partial charge in [-0.15, -0.1) is 0 Å². The number of carbonyl (C=O) groups is 2. The lowest BCUT2D eigenvalue weighted by Gasteiger charge is -2.25. The van der Waals surface area contributed by atoms with Crippen LogP contribution < -0.4 is 5.32 Å². The van der Waals surface area contributed by atoms with Crippen molar-refractivity contribution in [2.45, 2.75) is 32.6 Å². The molecule has 2 atom stereocenters. The molecule has 1 aliphatic carbocycles. The molecular formula is C17H21NO3. The van der Waals surface area contributed by atoms with E-state index in [1.54, 1.807) is 0 Å². The fourth-order valence-corrected chi connectivity index (χ4v) is 2.72. The molecule has 0 unspecified atom stereocenters. The van der Waals surface area contributed by atoms with Gasteiger partial charge in [0.1, 0.15) is 0 Å². The van der Waals surface area contributed by atoms with Gasteiger partial charge in [0.25, 0.3) is 0 Å². The maximum absolute atomic E-state index is 12.4. The largest absolute Gasteiger partial charge is 0.481 e. The number of nitrogens with one attached hydrogen (secondary N) is 1. The molecule has 0 radical (unpaired) electrons. The Balaban J connectivity index is 2.18. The van der Waals surface area contributed by atoms with Crippen molar-refractivity contribution >= 4 is 17.6 Å². The number of anilines is 1. The summed E-state index contributed by atoms with van der Waals surface area (Å²) in [6, 6.07) is 7.66. The second-order valence-electron chi connectivity index (χ2n) is 5.73. The van der Waals surface area contributed by atoms with Crippen LogP contribution in [0.3, 0.4) is 0 Å². The summed E-state index contributed by atoms with van der Waals surface area (Å²) in [5.41, 5.74) is 1.83. The van der Waals surface area contributed by atoms with E-state index in [0.29, 0.717) is 18.8 Å². The van der Waals surface area contributed by atoms with Crippen LogP contribution in [0, 0.1) is 11.8 Å². The molecular weight excluding hydrogens is 266 g/mol. The highest BCUT2D eigenvalue weighted by atomic mass is 16.4. The zero-order chi connectivity index (χ0) is 15.4. The van der Waals surface area contributed by atoms with Gasteiger partial charge in [-0.3, -0.25) is 9.59 Å². The van der Waals surface area contributed by atoms with E-state index in [0.717, 1.165) is 11.3 Å². The van der Waals surface area contributed by atoms with Crippen molar-refractivity contribution in [3.8, 4) is 0 Å². The normalized spacial score (nSPS) is 21.3. The van der Waals surface area contributed by atoms with Gasteiger partial charge in [-0.1, -0.05) is 44.2 Å². The predicted octanol–water partition coefficient (Wildman–Crippen LogP) is 3.42. The van der Waals surface area contributed by atoms with Crippen LogP contribution in [0.4, 0.5) is 5.69 Å². The molecule has 112 valence electrons. The molecule has 4 nitrogen and oxygen atoms in total. The van der Waals surface area contributed by atoms with Crippen molar-refractivity contribution in [3.05, 3.63) is 42.0 Å². The molecule has 0 heterocycles. The van der Waals surface area contributed by atoms with E-state index in [9.17, 15) is 14.7 Å². The molecule has 1 amide bonds. The Morgan fingerprint density at radius 3 is 2.38 bits per heavy atom. The summed E-state index contributed by atoms with van der Waals surface area (Å²) in [5.74, 6) is -1.96. The second kappa shape index (κ2) is 6.57. The lowest BCUT2D eigenvalue weighted by molar-refractivity contribution is -0.146. The number of amides is 1. The number of allylic oxidation sites excluding steroid dienone is 2. The monoisotopic (exact) mass is 287 g/mol. The van der Waals surface area contributed by atoms with Crippen LogP contribution in [-0.2, 0) is 9.59 Å². The Morgan fingerprint density at radius 1 is 1.14 bits per heavy atom. The smallest absolute Gasteiger partial charge is 0.307 e. The first-order valence-electron chi connectivity index (χ1n) is 7.28. The molecule has 1 aromatic carbocycles. The average Bonchev–Trinajstić information content (AvgIpc) is 2.47. The molecule has 0 spiro atoms. The molecule has 0 aromatic heterocycles. The topological polar surface area (TPSA) is 66.4 Å². The Bertz CT molecular complexity index is 563. The Hall–Kier alpha value is -2.10. The third kappa shape index (κ3) is 3.51. The number of hydrogen-bond acceptors (Lipinski definition) is 2. The highest BCUT2D eigenvalue weighted by molar-refractivity contribution is 5.96. The van der Waals surface area contributed by atoms with Crippen LogP contribution in [0.25, 0.3) is 0 Å². The van der Waals surface area contributed by atoms with Gasteiger partial charge in [0.15, 0.2) is 0 Å². The molecule has 2 rings (SSSR count). The van der Waals surface area contributed by atoms with E-state index in [2.05, 4.69) is 19.2 Å². The summed E-state index contributed by atoms with van der Waals surface area (Å²) in [4.78, 5) is 23.7. The van der Waals surface area contributed by atoms with Gasteiger partial charge in [-0.2, -0.15) is 0 Å². The minimum atomic E-state index is -0.906. The molecule has 0 saturated carbocycles. The number of hydrogen-bond donors (Lipinski definition) is 2. The van der Waals surface area contributed by atoms with Crippen molar-refractivity contribution in [1.82, 2.24) is 0 Å². The fraction of sp³-hybridized carbons (Fsp3) is 0.412. The molecule has 1 aliphatic rings. The molecule has 0 saturated heterocycles. The lowest BCUT2D eigenvalue weighted by Crippen LogP contribution is -2.35. The van der Waals surface area contributed by atoms with Gasteiger partial charge in [-0.05, 0) is 30.4 Å². The van der Waals surface area contributed by atoms with E-state index in [-0.39, 0.29) is 5.91 Å². The second-order valence-corrected chi connectivity index (χ2v) is 5.73. The van der Waals surface area contributed by atoms with Crippen molar-refractivity contribution in [1.29, 1.82) is 0 Å². The molecule has 4 heteroatoms. The number of benzene rings is 1. The average molecular weight is 287 g/mol. The fourth-order valence-electron chi connectivity index (χ4n) is 2.72. The van der Waals surface area contributed by atoms with E-state index in [1.165, 1.54) is 0 Å². The molecule has 0 bridgehead atoms. The molecule has 0 fully saturated rings. The van der Waals surface area contributed by atoms with Gasteiger partial charge in [0, 0.05) is 5.69 Å².